The zero-order valence-electron chi connectivity index (χ0n) is 22.6. The Hall–Kier alpha value is -3.98. The quantitative estimate of drug-likeness (QED) is 0.202. The lowest BCUT2D eigenvalue weighted by Crippen LogP contribution is -2.57. The predicted octanol–water partition coefficient (Wildman–Crippen LogP) is 0.883. The first-order valence-electron chi connectivity index (χ1n) is 11.8. The van der Waals surface area contributed by atoms with Gasteiger partial charge in [-0.25, -0.2) is 4.79 Å². The van der Waals surface area contributed by atoms with E-state index in [9.17, 15) is 32.4 Å². The van der Waals surface area contributed by atoms with E-state index in [1.165, 1.54) is 24.3 Å². The standard InChI is InChI=1S/C25H30O14S/c1-13-7-9-18(10-8-13)40(31,32)34-12-21(36-15(3)27)23(38-17(5)29)24-22(37-16(4)28)19(35-14(2)26)11-20(39-24)25(30)33-6/h7-11,19,21-24H,12H2,1-6H3/t19-,21+,22+,23+,24+/m0/s1. The van der Waals surface area contributed by atoms with Crippen molar-refractivity contribution in [1.82, 2.24) is 0 Å². The zero-order valence-corrected chi connectivity index (χ0v) is 23.4. The molecule has 1 aromatic carbocycles. The summed E-state index contributed by atoms with van der Waals surface area (Å²) in [5, 5.41) is 0. The van der Waals surface area contributed by atoms with Crippen LogP contribution in [0.25, 0.3) is 0 Å². The number of benzene rings is 1. The van der Waals surface area contributed by atoms with Gasteiger partial charge >= 0.3 is 29.8 Å². The zero-order chi connectivity index (χ0) is 30.2. The number of rotatable bonds is 11. The molecule has 220 valence electrons. The molecule has 1 aromatic rings. The van der Waals surface area contributed by atoms with Gasteiger partial charge in [0.2, 0.25) is 5.76 Å². The van der Waals surface area contributed by atoms with E-state index < -0.39 is 82.9 Å². The number of hydrogen-bond acceptors (Lipinski definition) is 14. The monoisotopic (exact) mass is 586 g/mol. The summed E-state index contributed by atoms with van der Waals surface area (Å²) < 4.78 is 62.2. The summed E-state index contributed by atoms with van der Waals surface area (Å²) in [4.78, 5) is 60.0. The fourth-order valence-corrected chi connectivity index (χ4v) is 4.58. The van der Waals surface area contributed by atoms with Crippen LogP contribution in [0.1, 0.15) is 33.3 Å². The third kappa shape index (κ3) is 9.05. The Morgan fingerprint density at radius 2 is 1.45 bits per heavy atom. The van der Waals surface area contributed by atoms with Crippen LogP contribution in [0.3, 0.4) is 0 Å². The maximum absolute atomic E-state index is 12.8. The molecular weight excluding hydrogens is 556 g/mol. The van der Waals surface area contributed by atoms with Crippen molar-refractivity contribution < 1.29 is 65.0 Å². The number of ether oxygens (including phenoxy) is 6. The Balaban J connectivity index is 2.57. The van der Waals surface area contributed by atoms with E-state index in [1.807, 2.05) is 0 Å². The normalized spacial score (nSPS) is 20.1. The highest BCUT2D eigenvalue weighted by Gasteiger charge is 2.50. The highest BCUT2D eigenvalue weighted by Crippen LogP contribution is 2.30. The van der Waals surface area contributed by atoms with E-state index in [4.69, 9.17) is 27.9 Å². The molecule has 1 aliphatic rings. The largest absolute Gasteiger partial charge is 0.475 e. The molecule has 14 nitrogen and oxygen atoms in total. The molecular formula is C25H30O14S. The number of carbonyl (C=O) groups excluding carboxylic acids is 5. The van der Waals surface area contributed by atoms with Crippen molar-refractivity contribution in [1.29, 1.82) is 0 Å². The minimum Gasteiger partial charge on any atom is -0.475 e. The molecule has 0 unspecified atom stereocenters. The van der Waals surface area contributed by atoms with Gasteiger partial charge in [0.15, 0.2) is 30.5 Å². The van der Waals surface area contributed by atoms with Crippen LogP contribution in [0, 0.1) is 6.92 Å². The third-order valence-electron chi connectivity index (χ3n) is 5.22. The van der Waals surface area contributed by atoms with Gasteiger partial charge in [-0.3, -0.25) is 23.4 Å². The Kier molecular flexibility index (Phi) is 11.2. The van der Waals surface area contributed by atoms with Crippen molar-refractivity contribution in [2.24, 2.45) is 0 Å². The van der Waals surface area contributed by atoms with Gasteiger partial charge in [-0.05, 0) is 19.1 Å². The van der Waals surface area contributed by atoms with Gasteiger partial charge < -0.3 is 28.4 Å². The second-order valence-corrected chi connectivity index (χ2v) is 10.1. The van der Waals surface area contributed by atoms with E-state index in [-0.39, 0.29) is 4.90 Å². The van der Waals surface area contributed by atoms with E-state index in [1.54, 1.807) is 6.92 Å². The van der Waals surface area contributed by atoms with Crippen LogP contribution in [-0.4, -0.2) is 82.5 Å². The summed E-state index contributed by atoms with van der Waals surface area (Å²) in [6.07, 6.45) is -7.15. The van der Waals surface area contributed by atoms with Crippen molar-refractivity contribution in [3.63, 3.8) is 0 Å². The molecule has 0 saturated carbocycles. The summed E-state index contributed by atoms with van der Waals surface area (Å²) in [7, 11) is -3.36. The van der Waals surface area contributed by atoms with Crippen LogP contribution in [-0.2, 0) is 66.7 Å². The molecule has 5 atom stereocenters. The van der Waals surface area contributed by atoms with Crippen LogP contribution >= 0.6 is 0 Å². The van der Waals surface area contributed by atoms with E-state index >= 15 is 0 Å². The first-order chi connectivity index (χ1) is 18.6. The number of methoxy groups -OCH3 is 1. The molecule has 40 heavy (non-hydrogen) atoms. The van der Waals surface area contributed by atoms with Crippen molar-refractivity contribution in [3.05, 3.63) is 41.7 Å². The summed E-state index contributed by atoms with van der Waals surface area (Å²) in [6.45, 7) is 4.93. The SMILES string of the molecule is COC(=O)C1=C[C@H](OC(C)=O)[C@@H](OC(C)=O)[C@H]([C@H](OC(C)=O)[C@@H](COS(=O)(=O)c2ccc(C)cc2)OC(C)=O)O1. The van der Waals surface area contributed by atoms with Crippen LogP contribution in [0.2, 0.25) is 0 Å². The van der Waals surface area contributed by atoms with E-state index in [2.05, 4.69) is 4.74 Å². The maximum Gasteiger partial charge on any atom is 0.373 e. The fourth-order valence-electron chi connectivity index (χ4n) is 3.66. The average Bonchev–Trinajstić information content (AvgIpc) is 2.85. The van der Waals surface area contributed by atoms with E-state index in [0.717, 1.165) is 46.4 Å². The van der Waals surface area contributed by atoms with Crippen molar-refractivity contribution in [3.8, 4) is 0 Å². The number of carbonyl (C=O) groups is 5. The molecule has 0 N–H and O–H groups in total. The summed E-state index contributed by atoms with van der Waals surface area (Å²) >= 11 is 0. The molecule has 0 aliphatic carbocycles. The Morgan fingerprint density at radius 3 is 1.95 bits per heavy atom. The fraction of sp³-hybridized carbons (Fsp3) is 0.480. The van der Waals surface area contributed by atoms with Crippen molar-refractivity contribution >= 4 is 40.0 Å². The van der Waals surface area contributed by atoms with Crippen molar-refractivity contribution in [2.45, 2.75) is 70.0 Å². The van der Waals surface area contributed by atoms with Crippen LogP contribution in [0.4, 0.5) is 0 Å². The maximum atomic E-state index is 12.8. The Bertz CT molecular complexity index is 1250. The minimum absolute atomic E-state index is 0.207. The number of hydrogen-bond donors (Lipinski definition) is 0. The number of esters is 5. The summed E-state index contributed by atoms with van der Waals surface area (Å²) in [5.41, 5.74) is 0.787. The van der Waals surface area contributed by atoms with Gasteiger partial charge in [0.05, 0.1) is 12.0 Å². The molecule has 1 aliphatic heterocycles. The van der Waals surface area contributed by atoms with Crippen LogP contribution in [0.15, 0.2) is 41.0 Å². The predicted molar refractivity (Wildman–Crippen MR) is 132 cm³/mol. The van der Waals surface area contributed by atoms with E-state index in [0.29, 0.717) is 0 Å². The Morgan fingerprint density at radius 1 is 0.875 bits per heavy atom. The molecule has 15 heteroatoms. The molecule has 0 radical (unpaired) electrons. The second-order valence-electron chi connectivity index (χ2n) is 8.53. The van der Waals surface area contributed by atoms with Gasteiger partial charge in [-0.1, -0.05) is 17.7 Å². The molecule has 0 fully saturated rings. The van der Waals surface area contributed by atoms with Crippen LogP contribution < -0.4 is 0 Å². The Labute approximate surface area is 230 Å². The average molecular weight is 587 g/mol. The molecule has 0 saturated heterocycles. The lowest BCUT2D eigenvalue weighted by molar-refractivity contribution is -0.207. The molecule has 2 rings (SSSR count). The lowest BCUT2D eigenvalue weighted by Gasteiger charge is -2.40. The molecule has 0 bridgehead atoms. The summed E-state index contributed by atoms with van der Waals surface area (Å²) in [5.74, 6) is -5.15. The third-order valence-corrected chi connectivity index (χ3v) is 6.52. The highest BCUT2D eigenvalue weighted by molar-refractivity contribution is 7.86. The smallest absolute Gasteiger partial charge is 0.373 e. The van der Waals surface area contributed by atoms with Gasteiger partial charge in [-0.2, -0.15) is 8.42 Å². The molecule has 0 aromatic heterocycles. The lowest BCUT2D eigenvalue weighted by atomic mass is 9.95. The van der Waals surface area contributed by atoms with Gasteiger partial charge in [-0.15, -0.1) is 0 Å². The number of aryl methyl sites for hydroxylation is 1. The van der Waals surface area contributed by atoms with Crippen LogP contribution in [0.5, 0.6) is 0 Å². The van der Waals surface area contributed by atoms with Gasteiger partial charge in [0, 0.05) is 33.8 Å². The van der Waals surface area contributed by atoms with Crippen molar-refractivity contribution in [2.75, 3.05) is 13.7 Å². The molecule has 1 heterocycles. The first-order valence-corrected chi connectivity index (χ1v) is 13.2. The molecule has 0 spiro atoms. The minimum atomic E-state index is -4.40. The molecule has 0 amide bonds. The first kappa shape index (κ1) is 32.2. The van der Waals surface area contributed by atoms with Gasteiger partial charge in [0.1, 0.15) is 6.61 Å². The highest BCUT2D eigenvalue weighted by atomic mass is 32.2. The second kappa shape index (κ2) is 13.9. The summed E-state index contributed by atoms with van der Waals surface area (Å²) in [6, 6.07) is 5.67. The van der Waals surface area contributed by atoms with Gasteiger partial charge in [0.25, 0.3) is 10.1 Å². The topological polar surface area (TPSA) is 184 Å².